The summed E-state index contributed by atoms with van der Waals surface area (Å²) >= 11 is 1.03. The van der Waals surface area contributed by atoms with Crippen LogP contribution in [0.3, 0.4) is 0 Å². The van der Waals surface area contributed by atoms with Gasteiger partial charge in [0, 0.05) is 11.0 Å². The number of ether oxygens (including phenoxy) is 1. The van der Waals surface area contributed by atoms with Crippen molar-refractivity contribution in [2.75, 3.05) is 12.4 Å². The molecule has 1 aromatic carbocycles. The van der Waals surface area contributed by atoms with Crippen molar-refractivity contribution in [3.63, 3.8) is 0 Å². The number of carbonyl (C=O) groups is 2. The molecule has 0 radical (unpaired) electrons. The first kappa shape index (κ1) is 11.7. The number of amides is 1. The van der Waals surface area contributed by atoms with Crippen LogP contribution < -0.4 is 5.32 Å². The van der Waals surface area contributed by atoms with Crippen LogP contribution in [0.5, 0.6) is 0 Å². The number of fused-ring (bicyclic) bond motifs is 1. The fourth-order valence-corrected chi connectivity index (χ4v) is 2.23. The van der Waals surface area contributed by atoms with Gasteiger partial charge in [0.25, 0.3) is 5.91 Å². The number of benzene rings is 1. The second kappa shape index (κ2) is 4.58. The lowest BCUT2D eigenvalue weighted by molar-refractivity contribution is -0.135. The molecule has 1 heterocycles. The Morgan fingerprint density at radius 3 is 3.00 bits per heavy atom. The number of rotatable bonds is 1. The van der Waals surface area contributed by atoms with Gasteiger partial charge in [-0.1, -0.05) is 11.8 Å². The minimum atomic E-state index is -0.623. The van der Waals surface area contributed by atoms with Crippen LogP contribution in [0, 0.1) is 5.82 Å². The first-order chi connectivity index (χ1) is 8.10. The van der Waals surface area contributed by atoms with Gasteiger partial charge in [0.05, 0.1) is 17.7 Å². The van der Waals surface area contributed by atoms with Crippen molar-refractivity contribution < 1.29 is 18.7 Å². The molecule has 1 amide bonds. The molecular weight excluding hydrogens is 245 g/mol. The third-order valence-corrected chi connectivity index (χ3v) is 3.17. The molecule has 1 aliphatic heterocycles. The molecule has 0 aromatic heterocycles. The average Bonchev–Trinajstić information content (AvgIpc) is 2.30. The lowest BCUT2D eigenvalue weighted by Gasteiger charge is -2.17. The van der Waals surface area contributed by atoms with Crippen molar-refractivity contribution in [2.24, 2.45) is 0 Å². The molecular formula is C11H8FNO3S. The van der Waals surface area contributed by atoms with Crippen LogP contribution in [0.2, 0.25) is 0 Å². The number of anilines is 1. The quantitative estimate of drug-likeness (QED) is 0.613. The molecule has 0 aliphatic carbocycles. The van der Waals surface area contributed by atoms with Crippen molar-refractivity contribution >= 4 is 29.3 Å². The molecule has 0 bridgehead atoms. The number of hydrogen-bond donors (Lipinski definition) is 1. The van der Waals surface area contributed by atoms with E-state index in [0.717, 1.165) is 17.8 Å². The second-order valence-electron chi connectivity index (χ2n) is 3.23. The lowest BCUT2D eigenvalue weighted by Crippen LogP contribution is -2.18. The van der Waals surface area contributed by atoms with Gasteiger partial charge in [0.2, 0.25) is 0 Å². The summed E-state index contributed by atoms with van der Waals surface area (Å²) in [6, 6.07) is 4.03. The van der Waals surface area contributed by atoms with Crippen LogP contribution in [-0.4, -0.2) is 19.0 Å². The Bertz CT molecular complexity index is 527. The SMILES string of the molecule is COC(=O)/C=C1/Sc2cc(F)ccc2NC1=O. The van der Waals surface area contributed by atoms with Gasteiger partial charge in [-0.25, -0.2) is 9.18 Å². The van der Waals surface area contributed by atoms with Gasteiger partial charge in [-0.05, 0) is 18.2 Å². The predicted molar refractivity (Wildman–Crippen MR) is 61.0 cm³/mol. The van der Waals surface area contributed by atoms with E-state index in [-0.39, 0.29) is 4.91 Å². The maximum Gasteiger partial charge on any atom is 0.331 e. The van der Waals surface area contributed by atoms with Crippen molar-refractivity contribution in [1.29, 1.82) is 0 Å². The third-order valence-electron chi connectivity index (χ3n) is 2.09. The maximum atomic E-state index is 13.0. The molecule has 0 spiro atoms. The molecule has 17 heavy (non-hydrogen) atoms. The van der Waals surface area contributed by atoms with Crippen LogP contribution in [0.15, 0.2) is 34.1 Å². The van der Waals surface area contributed by atoms with Crippen LogP contribution in [-0.2, 0) is 14.3 Å². The molecule has 0 saturated heterocycles. The Balaban J connectivity index is 2.35. The van der Waals surface area contributed by atoms with Gasteiger partial charge in [-0.3, -0.25) is 4.79 Å². The zero-order chi connectivity index (χ0) is 12.4. The van der Waals surface area contributed by atoms with E-state index >= 15 is 0 Å². The zero-order valence-corrected chi connectivity index (χ0v) is 9.64. The minimum Gasteiger partial charge on any atom is -0.466 e. The zero-order valence-electron chi connectivity index (χ0n) is 8.82. The summed E-state index contributed by atoms with van der Waals surface area (Å²) in [5, 5.41) is 2.56. The molecule has 1 aromatic rings. The Morgan fingerprint density at radius 1 is 1.53 bits per heavy atom. The monoisotopic (exact) mass is 253 g/mol. The van der Waals surface area contributed by atoms with Gasteiger partial charge in [0.15, 0.2) is 0 Å². The number of nitrogens with one attached hydrogen (secondary N) is 1. The summed E-state index contributed by atoms with van der Waals surface area (Å²) in [6.07, 6.45) is 1.08. The number of thioether (sulfide) groups is 1. The molecule has 1 aliphatic rings. The summed E-state index contributed by atoms with van der Waals surface area (Å²) in [7, 11) is 1.22. The summed E-state index contributed by atoms with van der Waals surface area (Å²) in [6.45, 7) is 0. The summed E-state index contributed by atoms with van der Waals surface area (Å²) in [5.41, 5.74) is 0.531. The Labute approximate surface area is 101 Å². The van der Waals surface area contributed by atoms with Gasteiger partial charge in [-0.15, -0.1) is 0 Å². The van der Waals surface area contributed by atoms with E-state index in [1.54, 1.807) is 0 Å². The van der Waals surface area contributed by atoms with E-state index in [2.05, 4.69) is 10.1 Å². The van der Waals surface area contributed by atoms with Crippen LogP contribution >= 0.6 is 11.8 Å². The Kier molecular flexibility index (Phi) is 3.14. The van der Waals surface area contributed by atoms with Gasteiger partial charge in [-0.2, -0.15) is 0 Å². The molecule has 4 nitrogen and oxygen atoms in total. The molecule has 6 heteroatoms. The van der Waals surface area contributed by atoms with Crippen molar-refractivity contribution in [1.82, 2.24) is 0 Å². The summed E-state index contributed by atoms with van der Waals surface area (Å²) < 4.78 is 17.4. The topological polar surface area (TPSA) is 55.4 Å². The average molecular weight is 253 g/mol. The fraction of sp³-hybridized carbons (Fsp3) is 0.0909. The van der Waals surface area contributed by atoms with E-state index < -0.39 is 17.7 Å². The second-order valence-corrected chi connectivity index (χ2v) is 4.31. The molecule has 0 fully saturated rings. The number of halogens is 1. The first-order valence-electron chi connectivity index (χ1n) is 4.68. The van der Waals surface area contributed by atoms with Gasteiger partial charge >= 0.3 is 5.97 Å². The highest BCUT2D eigenvalue weighted by Crippen LogP contribution is 2.38. The number of hydrogen-bond acceptors (Lipinski definition) is 4. The van der Waals surface area contributed by atoms with Crippen LogP contribution in [0.1, 0.15) is 0 Å². The number of carbonyl (C=O) groups excluding carboxylic acids is 2. The first-order valence-corrected chi connectivity index (χ1v) is 5.50. The number of esters is 1. The van der Waals surface area contributed by atoms with E-state index in [1.165, 1.54) is 25.3 Å². The minimum absolute atomic E-state index is 0.176. The van der Waals surface area contributed by atoms with Crippen molar-refractivity contribution in [2.45, 2.75) is 4.90 Å². The summed E-state index contributed by atoms with van der Waals surface area (Å²) in [4.78, 5) is 23.4. The van der Waals surface area contributed by atoms with Gasteiger partial charge in [0.1, 0.15) is 5.82 Å². The molecule has 0 atom stereocenters. The van der Waals surface area contributed by atoms with Crippen molar-refractivity contribution in [3.05, 3.63) is 35.0 Å². The molecule has 88 valence electrons. The summed E-state index contributed by atoms with van der Waals surface area (Å²) in [5.74, 6) is -1.42. The normalized spacial score (nSPS) is 16.4. The third kappa shape index (κ3) is 2.47. The largest absolute Gasteiger partial charge is 0.466 e. The highest BCUT2D eigenvalue weighted by molar-refractivity contribution is 8.04. The number of methoxy groups -OCH3 is 1. The van der Waals surface area contributed by atoms with E-state index in [1.807, 2.05) is 0 Å². The maximum absolute atomic E-state index is 13.0. The molecule has 2 rings (SSSR count). The Hall–Kier alpha value is -1.82. The van der Waals surface area contributed by atoms with E-state index in [4.69, 9.17) is 0 Å². The highest BCUT2D eigenvalue weighted by atomic mass is 32.2. The van der Waals surface area contributed by atoms with E-state index in [9.17, 15) is 14.0 Å². The van der Waals surface area contributed by atoms with Gasteiger partial charge < -0.3 is 10.1 Å². The van der Waals surface area contributed by atoms with E-state index in [0.29, 0.717) is 10.6 Å². The van der Waals surface area contributed by atoms with Crippen LogP contribution in [0.25, 0.3) is 0 Å². The molecule has 0 saturated carbocycles. The standard InChI is InChI=1S/C11H8FNO3S/c1-16-10(14)5-9-11(15)13-7-3-2-6(12)4-8(7)17-9/h2-5H,1H3,(H,13,15)/b9-5+. The van der Waals surface area contributed by atoms with Crippen LogP contribution in [0.4, 0.5) is 10.1 Å². The van der Waals surface area contributed by atoms with Crippen molar-refractivity contribution in [3.8, 4) is 0 Å². The fourth-order valence-electron chi connectivity index (χ4n) is 1.29. The smallest absolute Gasteiger partial charge is 0.331 e. The Morgan fingerprint density at radius 2 is 2.29 bits per heavy atom. The predicted octanol–water partition coefficient (Wildman–Crippen LogP) is 1.93. The molecule has 0 unspecified atom stereocenters. The lowest BCUT2D eigenvalue weighted by atomic mass is 10.3. The molecule has 1 N–H and O–H groups in total. The highest BCUT2D eigenvalue weighted by Gasteiger charge is 2.22.